The predicted molar refractivity (Wildman–Crippen MR) is 157 cm³/mol. The fraction of sp³-hybridized carbons (Fsp3) is 0.333. The third kappa shape index (κ3) is 7.60. The summed E-state index contributed by atoms with van der Waals surface area (Å²) in [5, 5.41) is 7.69. The number of benzene rings is 2. The van der Waals surface area contributed by atoms with E-state index in [1.807, 2.05) is 19.1 Å². The van der Waals surface area contributed by atoms with E-state index in [0.717, 1.165) is 24.1 Å². The summed E-state index contributed by atoms with van der Waals surface area (Å²) in [4.78, 5) is 19.1. The second kappa shape index (κ2) is 13.1. The zero-order valence-electron chi connectivity index (χ0n) is 21.2. The third-order valence-electron chi connectivity index (χ3n) is 6.19. The molecule has 7 nitrogen and oxygen atoms in total. The molecule has 1 unspecified atom stereocenters. The smallest absolute Gasteiger partial charge is 0.255 e. The molecule has 1 fully saturated rings. The van der Waals surface area contributed by atoms with Gasteiger partial charge in [-0.05, 0) is 62.1 Å². The molecule has 0 bridgehead atoms. The number of carbonyl (C=O) groups excluding carboxylic acids is 1. The fourth-order valence-corrected chi connectivity index (χ4v) is 5.22. The summed E-state index contributed by atoms with van der Waals surface area (Å²) in [5.41, 5.74) is 10.1. The van der Waals surface area contributed by atoms with E-state index in [1.54, 1.807) is 29.4 Å². The number of nitrogens with two attached hydrogens (primary N) is 1. The molecule has 37 heavy (non-hydrogen) atoms. The second-order valence-electron chi connectivity index (χ2n) is 8.98. The van der Waals surface area contributed by atoms with Gasteiger partial charge in [0.05, 0.1) is 28.7 Å². The Morgan fingerprint density at radius 1 is 1.22 bits per heavy atom. The molecular formula is C27H33Cl2N5O2S. The summed E-state index contributed by atoms with van der Waals surface area (Å²) < 4.78 is 11.9. The van der Waals surface area contributed by atoms with Gasteiger partial charge in [-0.2, -0.15) is 0 Å². The molecule has 10 heteroatoms. The Bertz CT molecular complexity index is 1240. The minimum absolute atomic E-state index is 0.125. The van der Waals surface area contributed by atoms with E-state index in [1.165, 1.54) is 6.34 Å². The molecular weight excluding hydrogens is 529 g/mol. The molecule has 0 aliphatic carbocycles. The molecule has 1 saturated heterocycles. The number of amides is 1. The van der Waals surface area contributed by atoms with Crippen molar-refractivity contribution in [3.8, 4) is 0 Å². The predicted octanol–water partition coefficient (Wildman–Crippen LogP) is 5.48. The molecule has 0 spiro atoms. The van der Waals surface area contributed by atoms with Crippen LogP contribution in [0.5, 0.6) is 0 Å². The number of anilines is 1. The Hall–Kier alpha value is -2.81. The van der Waals surface area contributed by atoms with E-state index >= 15 is 0 Å². The van der Waals surface area contributed by atoms with Crippen molar-refractivity contribution in [1.29, 1.82) is 0 Å². The van der Waals surface area contributed by atoms with E-state index in [9.17, 15) is 9.00 Å². The number of halogens is 2. The Balaban J connectivity index is 1.87. The lowest BCUT2D eigenvalue weighted by Crippen LogP contribution is -2.33. The number of aryl methyl sites for hydroxylation is 1. The molecule has 4 N–H and O–H groups in total. The van der Waals surface area contributed by atoms with Crippen LogP contribution in [0, 0.1) is 6.92 Å². The van der Waals surface area contributed by atoms with Gasteiger partial charge in [0, 0.05) is 63.6 Å². The average molecular weight is 563 g/mol. The van der Waals surface area contributed by atoms with Crippen molar-refractivity contribution < 1.29 is 9.00 Å². The third-order valence-corrected chi connectivity index (χ3v) is 7.55. The van der Waals surface area contributed by atoms with E-state index < -0.39 is 10.8 Å². The summed E-state index contributed by atoms with van der Waals surface area (Å²) in [6, 6.07) is 8.56. The Kier molecular flexibility index (Phi) is 10.2. The molecule has 198 valence electrons. The molecule has 3 rings (SSSR count). The Labute approximate surface area is 231 Å². The molecule has 0 aromatic heterocycles. The van der Waals surface area contributed by atoms with Crippen molar-refractivity contribution in [1.82, 2.24) is 10.2 Å². The van der Waals surface area contributed by atoms with Gasteiger partial charge in [-0.1, -0.05) is 36.4 Å². The summed E-state index contributed by atoms with van der Waals surface area (Å²) in [7, 11) is -0.996. The van der Waals surface area contributed by atoms with Crippen LogP contribution in [0.3, 0.4) is 0 Å². The molecule has 1 aliphatic heterocycles. The quantitative estimate of drug-likeness (QED) is 0.249. The molecule has 1 aliphatic rings. The number of aliphatic imine (C=N–C) groups is 1. The van der Waals surface area contributed by atoms with E-state index in [0.29, 0.717) is 63.5 Å². The van der Waals surface area contributed by atoms with Gasteiger partial charge in [0.1, 0.15) is 0 Å². The number of rotatable bonds is 11. The van der Waals surface area contributed by atoms with Crippen LogP contribution in [0.15, 0.2) is 54.2 Å². The lowest BCUT2D eigenvalue weighted by Gasteiger charge is -2.26. The Morgan fingerprint density at radius 2 is 1.92 bits per heavy atom. The molecule has 2 atom stereocenters. The average Bonchev–Trinajstić information content (AvgIpc) is 3.39. The maximum Gasteiger partial charge on any atom is 0.255 e. The van der Waals surface area contributed by atoms with Gasteiger partial charge in [0.2, 0.25) is 0 Å². The van der Waals surface area contributed by atoms with Crippen molar-refractivity contribution in [2.75, 3.05) is 30.4 Å². The summed E-state index contributed by atoms with van der Waals surface area (Å²) in [6.07, 6.45) is 5.33. The number of likely N-dealkylation sites (tertiary alicyclic amines) is 1. The topological polar surface area (TPSA) is 99.8 Å². The fourth-order valence-electron chi connectivity index (χ4n) is 4.18. The Morgan fingerprint density at radius 3 is 2.54 bits per heavy atom. The highest BCUT2D eigenvalue weighted by atomic mass is 35.5. The largest absolute Gasteiger partial charge is 0.390 e. The minimum atomic E-state index is -0.996. The zero-order valence-corrected chi connectivity index (χ0v) is 23.5. The number of nitrogens with zero attached hydrogens (tertiary/aromatic N) is 2. The van der Waals surface area contributed by atoms with Crippen molar-refractivity contribution in [2.24, 2.45) is 10.7 Å². The van der Waals surface area contributed by atoms with E-state index in [2.05, 4.69) is 28.8 Å². The lowest BCUT2D eigenvalue weighted by molar-refractivity contribution is 0.0793. The van der Waals surface area contributed by atoms with Crippen molar-refractivity contribution >= 4 is 63.3 Å². The number of nitrogens with one attached hydrogen (secondary N) is 2. The van der Waals surface area contributed by atoms with Crippen LogP contribution < -0.4 is 16.4 Å². The van der Waals surface area contributed by atoms with Crippen LogP contribution in [-0.2, 0) is 10.8 Å². The summed E-state index contributed by atoms with van der Waals surface area (Å²) in [5.74, 6) is 0.337. The second-order valence-corrected chi connectivity index (χ2v) is 11.4. The van der Waals surface area contributed by atoms with Crippen LogP contribution in [-0.4, -0.2) is 52.5 Å². The SMILES string of the molecule is C=C(N[C@@H](CCS(C)=O)C(=C)Nc1ccc(Cl)cc1C)c1cc(Cl)c(C(=O)N2CCCC2)cc1N=CN. The molecule has 0 saturated carbocycles. The maximum absolute atomic E-state index is 13.0. The first-order valence-electron chi connectivity index (χ1n) is 12.0. The normalized spacial score (nSPS) is 15.0. The number of carbonyl (C=O) groups is 1. The standard InChI is InChI=1S/C27H33Cl2N5O2S/c1-17-13-20(28)7-8-24(17)33-19(3)25(9-12-37(4)36)32-18(2)21-14-23(29)22(15-26(21)31-16-30)27(35)34-10-5-6-11-34/h7-8,13-16,25,32-33H,2-3,5-6,9-12H2,1,4H3,(H2,30,31)/t25-,37?/m0/s1. The van der Waals surface area contributed by atoms with Gasteiger partial charge in [-0.15, -0.1) is 0 Å². The molecule has 0 radical (unpaired) electrons. The molecule has 1 heterocycles. The molecule has 1 amide bonds. The number of hydrogen-bond donors (Lipinski definition) is 3. The first-order valence-corrected chi connectivity index (χ1v) is 14.4. The van der Waals surface area contributed by atoms with Crippen LogP contribution in [0.2, 0.25) is 10.0 Å². The zero-order chi connectivity index (χ0) is 27.1. The van der Waals surface area contributed by atoms with Crippen LogP contribution in [0.1, 0.15) is 40.7 Å². The number of hydrogen-bond acceptors (Lipinski definition) is 5. The first kappa shape index (κ1) is 28.8. The summed E-state index contributed by atoms with van der Waals surface area (Å²) in [6.45, 7) is 11.8. The highest BCUT2D eigenvalue weighted by Crippen LogP contribution is 2.33. The van der Waals surface area contributed by atoms with Gasteiger partial charge in [-0.3, -0.25) is 9.00 Å². The maximum atomic E-state index is 13.0. The van der Waals surface area contributed by atoms with E-state index in [-0.39, 0.29) is 11.9 Å². The first-order chi connectivity index (χ1) is 17.6. The van der Waals surface area contributed by atoms with E-state index in [4.69, 9.17) is 28.9 Å². The van der Waals surface area contributed by atoms with Crippen molar-refractivity contribution in [3.63, 3.8) is 0 Å². The van der Waals surface area contributed by atoms with Gasteiger partial charge in [0.25, 0.3) is 5.91 Å². The van der Waals surface area contributed by atoms with Gasteiger partial charge < -0.3 is 21.3 Å². The van der Waals surface area contributed by atoms with Crippen LogP contribution in [0.25, 0.3) is 5.70 Å². The molecule has 2 aromatic rings. The highest BCUT2D eigenvalue weighted by Gasteiger charge is 2.24. The van der Waals surface area contributed by atoms with Gasteiger partial charge in [-0.25, -0.2) is 4.99 Å². The molecule has 2 aromatic carbocycles. The van der Waals surface area contributed by atoms with Crippen LogP contribution in [0.4, 0.5) is 11.4 Å². The summed E-state index contributed by atoms with van der Waals surface area (Å²) >= 11 is 12.7. The van der Waals surface area contributed by atoms with Crippen LogP contribution >= 0.6 is 23.2 Å². The van der Waals surface area contributed by atoms with Crippen molar-refractivity contribution in [2.45, 2.75) is 32.2 Å². The minimum Gasteiger partial charge on any atom is -0.390 e. The van der Waals surface area contributed by atoms with Gasteiger partial charge in [0.15, 0.2) is 0 Å². The van der Waals surface area contributed by atoms with Gasteiger partial charge >= 0.3 is 0 Å². The highest BCUT2D eigenvalue weighted by molar-refractivity contribution is 7.84. The lowest BCUT2D eigenvalue weighted by atomic mass is 10.0. The monoisotopic (exact) mass is 561 g/mol. The van der Waals surface area contributed by atoms with Crippen molar-refractivity contribution in [3.05, 3.63) is 75.9 Å².